The Hall–Kier alpha value is -3.12. The van der Waals surface area contributed by atoms with Gasteiger partial charge in [-0.25, -0.2) is 0 Å². The third-order valence-electron chi connectivity index (χ3n) is 4.62. The highest BCUT2D eigenvalue weighted by Gasteiger charge is 2.18. The molecular formula is C22H19BrN4O. The second kappa shape index (κ2) is 7.48. The van der Waals surface area contributed by atoms with E-state index in [1.54, 1.807) is 4.68 Å². The molecule has 4 rings (SSSR count). The summed E-state index contributed by atoms with van der Waals surface area (Å²) in [6.45, 7) is 1.94. The first kappa shape index (κ1) is 18.3. The Morgan fingerprint density at radius 3 is 2.29 bits per heavy atom. The fourth-order valence-corrected chi connectivity index (χ4v) is 3.50. The first-order chi connectivity index (χ1) is 13.5. The van der Waals surface area contributed by atoms with Gasteiger partial charge in [0.05, 0.1) is 5.69 Å². The van der Waals surface area contributed by atoms with E-state index in [9.17, 15) is 4.79 Å². The van der Waals surface area contributed by atoms with Gasteiger partial charge in [0.15, 0.2) is 0 Å². The number of benzene rings is 2. The number of hydrogen-bond acceptors (Lipinski definition) is 2. The Morgan fingerprint density at radius 2 is 1.64 bits per heavy atom. The molecule has 0 radical (unpaired) electrons. The highest BCUT2D eigenvalue weighted by Crippen LogP contribution is 2.32. The number of nitrogens with one attached hydrogen (secondary N) is 1. The molecule has 140 valence electrons. The van der Waals surface area contributed by atoms with Crippen molar-refractivity contribution in [1.82, 2.24) is 14.3 Å². The molecule has 5 nitrogen and oxygen atoms in total. The average Bonchev–Trinajstić information content (AvgIpc) is 3.32. The number of carbonyl (C=O) groups is 1. The molecule has 28 heavy (non-hydrogen) atoms. The molecule has 0 saturated heterocycles. The van der Waals surface area contributed by atoms with Crippen molar-refractivity contribution in [3.05, 3.63) is 88.8 Å². The van der Waals surface area contributed by atoms with E-state index in [-0.39, 0.29) is 5.91 Å². The van der Waals surface area contributed by atoms with Crippen molar-refractivity contribution in [3.8, 4) is 16.8 Å². The monoisotopic (exact) mass is 434 g/mol. The summed E-state index contributed by atoms with van der Waals surface area (Å²) in [5.41, 5.74) is 4.40. The number of amides is 1. The molecule has 0 atom stereocenters. The van der Waals surface area contributed by atoms with Gasteiger partial charge in [-0.05, 0) is 61.0 Å². The van der Waals surface area contributed by atoms with Gasteiger partial charge in [0.2, 0.25) is 0 Å². The minimum absolute atomic E-state index is 0.166. The van der Waals surface area contributed by atoms with E-state index in [0.29, 0.717) is 11.4 Å². The SMILES string of the molecule is Cc1nn(C)c(NC(=O)c2ccc(-n3cccc3)cc2)c1-c1ccc(Br)cc1. The number of anilines is 1. The van der Waals surface area contributed by atoms with Gasteiger partial charge in [-0.2, -0.15) is 5.10 Å². The molecule has 0 saturated carbocycles. The van der Waals surface area contributed by atoms with Crippen LogP contribution in [0.5, 0.6) is 0 Å². The van der Waals surface area contributed by atoms with Crippen LogP contribution in [0.4, 0.5) is 5.82 Å². The van der Waals surface area contributed by atoms with Crippen LogP contribution in [0.2, 0.25) is 0 Å². The third-order valence-corrected chi connectivity index (χ3v) is 5.15. The topological polar surface area (TPSA) is 51.9 Å². The summed E-state index contributed by atoms with van der Waals surface area (Å²) in [6, 6.07) is 19.4. The summed E-state index contributed by atoms with van der Waals surface area (Å²) in [5.74, 6) is 0.514. The quantitative estimate of drug-likeness (QED) is 0.479. The lowest BCUT2D eigenvalue weighted by Gasteiger charge is -2.10. The lowest BCUT2D eigenvalue weighted by molar-refractivity contribution is 0.102. The van der Waals surface area contributed by atoms with Crippen LogP contribution in [0.25, 0.3) is 16.8 Å². The van der Waals surface area contributed by atoms with Gasteiger partial charge in [-0.15, -0.1) is 0 Å². The van der Waals surface area contributed by atoms with E-state index in [2.05, 4.69) is 26.3 Å². The maximum Gasteiger partial charge on any atom is 0.256 e. The van der Waals surface area contributed by atoms with Crippen molar-refractivity contribution in [3.63, 3.8) is 0 Å². The van der Waals surface area contributed by atoms with Crippen LogP contribution in [-0.2, 0) is 7.05 Å². The fraction of sp³-hybridized carbons (Fsp3) is 0.0909. The van der Waals surface area contributed by atoms with Crippen LogP contribution < -0.4 is 5.32 Å². The van der Waals surface area contributed by atoms with Crippen molar-refractivity contribution in [2.45, 2.75) is 6.92 Å². The fourth-order valence-electron chi connectivity index (χ4n) is 3.24. The Bertz CT molecular complexity index is 1110. The first-order valence-corrected chi connectivity index (χ1v) is 9.66. The van der Waals surface area contributed by atoms with Gasteiger partial charge in [-0.1, -0.05) is 28.1 Å². The lowest BCUT2D eigenvalue weighted by atomic mass is 10.1. The normalized spacial score (nSPS) is 10.8. The van der Waals surface area contributed by atoms with Gasteiger partial charge in [-0.3, -0.25) is 9.48 Å². The molecule has 4 aromatic rings. The van der Waals surface area contributed by atoms with E-state index in [0.717, 1.165) is 27.0 Å². The molecule has 6 heteroatoms. The third kappa shape index (κ3) is 3.51. The highest BCUT2D eigenvalue weighted by atomic mass is 79.9. The molecule has 0 aliphatic heterocycles. The lowest BCUT2D eigenvalue weighted by Crippen LogP contribution is -2.15. The summed E-state index contributed by atoms with van der Waals surface area (Å²) >= 11 is 3.46. The van der Waals surface area contributed by atoms with Crippen LogP contribution in [0.3, 0.4) is 0 Å². The minimum atomic E-state index is -0.166. The van der Waals surface area contributed by atoms with E-state index in [4.69, 9.17) is 0 Å². The largest absolute Gasteiger partial charge is 0.324 e. The maximum absolute atomic E-state index is 12.8. The predicted molar refractivity (Wildman–Crippen MR) is 115 cm³/mol. The second-order valence-electron chi connectivity index (χ2n) is 6.53. The molecule has 0 fully saturated rings. The summed E-state index contributed by atoms with van der Waals surface area (Å²) in [4.78, 5) is 12.8. The molecule has 2 aromatic carbocycles. The maximum atomic E-state index is 12.8. The van der Waals surface area contributed by atoms with Crippen molar-refractivity contribution in [2.75, 3.05) is 5.32 Å². The Labute approximate surface area is 171 Å². The summed E-state index contributed by atoms with van der Waals surface area (Å²) in [6.07, 6.45) is 3.94. The Kier molecular flexibility index (Phi) is 4.88. The van der Waals surface area contributed by atoms with Gasteiger partial charge in [0.1, 0.15) is 5.82 Å². The standard InChI is InChI=1S/C22H19BrN4O/c1-15-20(16-5-9-18(23)10-6-16)21(26(2)25-15)24-22(28)17-7-11-19(12-8-17)27-13-3-4-14-27/h3-14H,1-2H3,(H,24,28). The van der Waals surface area contributed by atoms with E-state index >= 15 is 0 Å². The number of nitrogens with zero attached hydrogens (tertiary/aromatic N) is 3. The molecule has 2 aromatic heterocycles. The number of aromatic nitrogens is 3. The van der Waals surface area contributed by atoms with Crippen LogP contribution >= 0.6 is 15.9 Å². The molecule has 1 N–H and O–H groups in total. The molecule has 0 bridgehead atoms. The van der Waals surface area contributed by atoms with E-state index < -0.39 is 0 Å². The smallest absolute Gasteiger partial charge is 0.256 e. The van der Waals surface area contributed by atoms with Gasteiger partial charge < -0.3 is 9.88 Å². The van der Waals surface area contributed by atoms with Crippen LogP contribution in [0, 0.1) is 6.92 Å². The zero-order valence-corrected chi connectivity index (χ0v) is 17.1. The van der Waals surface area contributed by atoms with Gasteiger partial charge >= 0.3 is 0 Å². The zero-order chi connectivity index (χ0) is 19.7. The van der Waals surface area contributed by atoms with E-state index in [1.165, 1.54) is 0 Å². The molecule has 0 aliphatic rings. The van der Waals surface area contributed by atoms with Crippen LogP contribution in [0.1, 0.15) is 16.1 Å². The van der Waals surface area contributed by atoms with Crippen molar-refractivity contribution in [2.24, 2.45) is 7.05 Å². The molecule has 2 heterocycles. The summed E-state index contributed by atoms with van der Waals surface area (Å²) in [5, 5.41) is 7.52. The number of rotatable bonds is 4. The number of aryl methyl sites for hydroxylation is 2. The number of carbonyl (C=O) groups excluding carboxylic acids is 1. The number of hydrogen-bond donors (Lipinski definition) is 1. The molecule has 0 spiro atoms. The molecular weight excluding hydrogens is 416 g/mol. The molecule has 0 aliphatic carbocycles. The minimum Gasteiger partial charge on any atom is -0.324 e. The zero-order valence-electron chi connectivity index (χ0n) is 15.6. The van der Waals surface area contributed by atoms with Crippen LogP contribution in [0.15, 0.2) is 77.5 Å². The summed E-state index contributed by atoms with van der Waals surface area (Å²) in [7, 11) is 1.83. The second-order valence-corrected chi connectivity index (χ2v) is 7.45. The van der Waals surface area contributed by atoms with Gasteiger partial charge in [0.25, 0.3) is 5.91 Å². The predicted octanol–water partition coefficient (Wildman–Crippen LogP) is 5.20. The highest BCUT2D eigenvalue weighted by molar-refractivity contribution is 9.10. The molecule has 0 unspecified atom stereocenters. The van der Waals surface area contributed by atoms with Crippen molar-refractivity contribution < 1.29 is 4.79 Å². The molecule has 1 amide bonds. The Morgan fingerprint density at radius 1 is 1.00 bits per heavy atom. The van der Waals surface area contributed by atoms with E-state index in [1.807, 2.05) is 91.6 Å². The van der Waals surface area contributed by atoms with Crippen molar-refractivity contribution in [1.29, 1.82) is 0 Å². The number of halogens is 1. The average molecular weight is 435 g/mol. The Balaban J connectivity index is 1.62. The van der Waals surface area contributed by atoms with Gasteiger partial charge in [0, 0.05) is 40.7 Å². The van der Waals surface area contributed by atoms with Crippen molar-refractivity contribution >= 4 is 27.7 Å². The van der Waals surface area contributed by atoms with Crippen LogP contribution in [-0.4, -0.2) is 20.3 Å². The summed E-state index contributed by atoms with van der Waals surface area (Å²) < 4.78 is 4.71. The first-order valence-electron chi connectivity index (χ1n) is 8.87.